The van der Waals surface area contributed by atoms with Crippen molar-refractivity contribution in [3.63, 3.8) is 0 Å². The van der Waals surface area contributed by atoms with Crippen molar-refractivity contribution in [1.82, 2.24) is 0 Å². The largest absolute Gasteiger partial charge is 0.0859 e. The van der Waals surface area contributed by atoms with E-state index in [0.29, 0.717) is 5.41 Å². The summed E-state index contributed by atoms with van der Waals surface area (Å²) in [4.78, 5) is 0. The van der Waals surface area contributed by atoms with Gasteiger partial charge in [-0.3, -0.25) is 0 Å². The maximum absolute atomic E-state index is 2.46. The van der Waals surface area contributed by atoms with Crippen LogP contribution in [-0.2, 0) is 0 Å². The van der Waals surface area contributed by atoms with Gasteiger partial charge in [-0.15, -0.1) is 0 Å². The lowest BCUT2D eigenvalue weighted by molar-refractivity contribution is 0.180. The molecule has 0 saturated heterocycles. The summed E-state index contributed by atoms with van der Waals surface area (Å²) >= 11 is 0. The summed E-state index contributed by atoms with van der Waals surface area (Å²) in [5, 5.41) is 0. The molecular formula is C16H28. The summed E-state index contributed by atoms with van der Waals surface area (Å²) in [6.07, 6.45) is 11.4. The predicted octanol–water partition coefficient (Wildman–Crippen LogP) is 5.51. The van der Waals surface area contributed by atoms with Crippen LogP contribution >= 0.6 is 0 Å². The van der Waals surface area contributed by atoms with E-state index in [1.54, 1.807) is 5.57 Å². The average Bonchev–Trinajstić information content (AvgIpc) is 2.17. The van der Waals surface area contributed by atoms with E-state index in [1.165, 1.54) is 37.7 Å². The SMILES string of the molecule is CC(C)=CCCC(C)(C)[C@H]1CC=C(C)CC1. The maximum atomic E-state index is 2.46. The smallest absolute Gasteiger partial charge is 0.0314 e. The molecule has 16 heavy (non-hydrogen) atoms. The standard InChI is InChI=1S/C16H28/c1-13(2)7-6-12-16(4,5)15-10-8-14(3)9-11-15/h7-8,15H,6,9-12H2,1-5H3/t15-/m0/s1. The molecular weight excluding hydrogens is 192 g/mol. The summed E-state index contributed by atoms with van der Waals surface area (Å²) in [5.74, 6) is 0.891. The summed E-state index contributed by atoms with van der Waals surface area (Å²) in [7, 11) is 0. The van der Waals surface area contributed by atoms with Crippen molar-refractivity contribution >= 4 is 0 Å². The van der Waals surface area contributed by atoms with Crippen LogP contribution in [0, 0.1) is 11.3 Å². The van der Waals surface area contributed by atoms with Crippen molar-refractivity contribution in [3.8, 4) is 0 Å². The van der Waals surface area contributed by atoms with Crippen molar-refractivity contribution in [1.29, 1.82) is 0 Å². The van der Waals surface area contributed by atoms with Gasteiger partial charge in [0.05, 0.1) is 0 Å². The fourth-order valence-corrected chi connectivity index (χ4v) is 2.61. The summed E-state index contributed by atoms with van der Waals surface area (Å²) in [6.45, 7) is 11.6. The molecule has 0 aromatic heterocycles. The van der Waals surface area contributed by atoms with Crippen LogP contribution in [0.25, 0.3) is 0 Å². The molecule has 1 aliphatic carbocycles. The normalized spacial score (nSPS) is 21.6. The molecule has 1 aliphatic rings. The molecule has 0 fully saturated rings. The number of rotatable bonds is 4. The molecule has 1 atom stereocenters. The van der Waals surface area contributed by atoms with Gasteiger partial charge in [0.15, 0.2) is 0 Å². The highest BCUT2D eigenvalue weighted by molar-refractivity contribution is 5.05. The molecule has 0 aliphatic heterocycles. The minimum absolute atomic E-state index is 0.503. The van der Waals surface area contributed by atoms with Crippen LogP contribution in [0.15, 0.2) is 23.3 Å². The second-order valence-corrected chi connectivity index (χ2v) is 6.33. The first kappa shape index (κ1) is 13.5. The van der Waals surface area contributed by atoms with Crippen LogP contribution in [-0.4, -0.2) is 0 Å². The van der Waals surface area contributed by atoms with Crippen LogP contribution in [0.3, 0.4) is 0 Å². The number of hydrogen-bond donors (Lipinski definition) is 0. The first-order valence-corrected chi connectivity index (χ1v) is 6.71. The third-order valence-corrected chi connectivity index (χ3v) is 4.08. The van der Waals surface area contributed by atoms with Crippen molar-refractivity contribution in [2.24, 2.45) is 11.3 Å². The molecule has 0 radical (unpaired) electrons. The molecule has 0 N–H and O–H groups in total. The van der Waals surface area contributed by atoms with Gasteiger partial charge in [0.25, 0.3) is 0 Å². The third-order valence-electron chi connectivity index (χ3n) is 4.08. The Hall–Kier alpha value is -0.520. The minimum atomic E-state index is 0.503. The summed E-state index contributed by atoms with van der Waals surface area (Å²) < 4.78 is 0. The van der Waals surface area contributed by atoms with Crippen molar-refractivity contribution in [2.75, 3.05) is 0 Å². The Morgan fingerprint density at radius 2 is 2.12 bits per heavy atom. The van der Waals surface area contributed by atoms with E-state index in [1.807, 2.05) is 0 Å². The second-order valence-electron chi connectivity index (χ2n) is 6.33. The fraction of sp³-hybridized carbons (Fsp3) is 0.750. The molecule has 0 aromatic rings. The minimum Gasteiger partial charge on any atom is -0.0859 e. The molecule has 0 heterocycles. The van der Waals surface area contributed by atoms with Gasteiger partial charge in [-0.05, 0) is 64.2 Å². The van der Waals surface area contributed by atoms with Crippen LogP contribution in [0.4, 0.5) is 0 Å². The van der Waals surface area contributed by atoms with Crippen LogP contribution < -0.4 is 0 Å². The Labute approximate surface area is 102 Å². The Balaban J connectivity index is 2.47. The van der Waals surface area contributed by atoms with Gasteiger partial charge in [-0.1, -0.05) is 37.1 Å². The lowest BCUT2D eigenvalue weighted by atomic mass is 9.69. The lowest BCUT2D eigenvalue weighted by Gasteiger charge is -2.36. The van der Waals surface area contributed by atoms with Crippen molar-refractivity contribution in [2.45, 2.75) is 66.7 Å². The maximum Gasteiger partial charge on any atom is -0.0314 e. The predicted molar refractivity (Wildman–Crippen MR) is 73.5 cm³/mol. The molecule has 0 spiro atoms. The Kier molecular flexibility index (Phi) is 4.83. The summed E-state index contributed by atoms with van der Waals surface area (Å²) in [6, 6.07) is 0. The zero-order valence-electron chi connectivity index (χ0n) is 11.8. The topological polar surface area (TPSA) is 0 Å². The first-order valence-electron chi connectivity index (χ1n) is 6.71. The first-order chi connectivity index (χ1) is 7.42. The highest BCUT2D eigenvalue weighted by Gasteiger charge is 2.29. The highest BCUT2D eigenvalue weighted by Crippen LogP contribution is 2.40. The van der Waals surface area contributed by atoms with Crippen LogP contribution in [0.2, 0.25) is 0 Å². The average molecular weight is 220 g/mol. The highest BCUT2D eigenvalue weighted by atomic mass is 14.3. The number of allylic oxidation sites excluding steroid dienone is 4. The van der Waals surface area contributed by atoms with Crippen molar-refractivity contribution < 1.29 is 0 Å². The molecule has 0 unspecified atom stereocenters. The zero-order chi connectivity index (χ0) is 12.2. The Morgan fingerprint density at radius 1 is 1.44 bits per heavy atom. The van der Waals surface area contributed by atoms with E-state index in [9.17, 15) is 0 Å². The molecule has 0 saturated carbocycles. The molecule has 92 valence electrons. The molecule has 0 aromatic carbocycles. The van der Waals surface area contributed by atoms with Gasteiger partial charge in [-0.25, -0.2) is 0 Å². The third kappa shape index (κ3) is 4.15. The van der Waals surface area contributed by atoms with E-state index in [4.69, 9.17) is 0 Å². The Morgan fingerprint density at radius 3 is 2.62 bits per heavy atom. The van der Waals surface area contributed by atoms with Crippen LogP contribution in [0.1, 0.15) is 66.7 Å². The van der Waals surface area contributed by atoms with E-state index in [2.05, 4.69) is 46.8 Å². The fourth-order valence-electron chi connectivity index (χ4n) is 2.61. The van der Waals surface area contributed by atoms with E-state index in [0.717, 1.165) is 5.92 Å². The van der Waals surface area contributed by atoms with Crippen molar-refractivity contribution in [3.05, 3.63) is 23.3 Å². The van der Waals surface area contributed by atoms with Gasteiger partial charge in [-0.2, -0.15) is 0 Å². The van der Waals surface area contributed by atoms with Gasteiger partial charge in [0, 0.05) is 0 Å². The van der Waals surface area contributed by atoms with Crippen LogP contribution in [0.5, 0.6) is 0 Å². The van der Waals surface area contributed by atoms with E-state index < -0.39 is 0 Å². The van der Waals surface area contributed by atoms with Gasteiger partial charge >= 0.3 is 0 Å². The second kappa shape index (κ2) is 5.70. The molecule has 1 rings (SSSR count). The molecule has 0 amide bonds. The monoisotopic (exact) mass is 220 g/mol. The van der Waals surface area contributed by atoms with Gasteiger partial charge in [0.2, 0.25) is 0 Å². The summed E-state index contributed by atoms with van der Waals surface area (Å²) in [5.41, 5.74) is 3.55. The zero-order valence-corrected chi connectivity index (χ0v) is 11.8. The lowest BCUT2D eigenvalue weighted by Crippen LogP contribution is -2.25. The van der Waals surface area contributed by atoms with E-state index >= 15 is 0 Å². The molecule has 0 bridgehead atoms. The van der Waals surface area contributed by atoms with E-state index in [-0.39, 0.29) is 0 Å². The number of hydrogen-bond acceptors (Lipinski definition) is 0. The molecule has 0 heteroatoms. The quantitative estimate of drug-likeness (QED) is 0.548. The molecule has 0 nitrogen and oxygen atoms in total. The van der Waals surface area contributed by atoms with Gasteiger partial charge in [0.1, 0.15) is 0 Å². The van der Waals surface area contributed by atoms with Gasteiger partial charge < -0.3 is 0 Å². The Bertz CT molecular complexity index is 274.